The first-order valence-electron chi connectivity index (χ1n) is 7.16. The van der Waals surface area contributed by atoms with Crippen LogP contribution in [0.25, 0.3) is 5.57 Å². The molecule has 1 heterocycles. The Kier molecular flexibility index (Phi) is 4.90. The topological polar surface area (TPSA) is 46.3 Å². The Labute approximate surface area is 127 Å². The smallest absolute Gasteiger partial charge is 0.339 e. The molecule has 1 aliphatic rings. The number of halogens is 3. The molecule has 0 aliphatic carbocycles. The molecular formula is C16H19F3N2O. The SMILES string of the molecule is C/C(=C/C(=O)N1CCC(CN)C1)c1ccc(C(F)(F)F)cc1. The van der Waals surface area contributed by atoms with Gasteiger partial charge in [-0.05, 0) is 49.1 Å². The molecule has 2 rings (SSSR count). The molecule has 0 saturated carbocycles. The summed E-state index contributed by atoms with van der Waals surface area (Å²) in [5.41, 5.74) is 6.15. The number of nitrogens with two attached hydrogens (primary N) is 1. The number of alkyl halides is 3. The zero-order chi connectivity index (χ0) is 16.3. The summed E-state index contributed by atoms with van der Waals surface area (Å²) in [6.45, 7) is 3.60. The van der Waals surface area contributed by atoms with E-state index in [9.17, 15) is 18.0 Å². The fourth-order valence-electron chi connectivity index (χ4n) is 2.51. The fraction of sp³-hybridized carbons (Fsp3) is 0.438. The van der Waals surface area contributed by atoms with E-state index in [1.807, 2.05) is 0 Å². The highest BCUT2D eigenvalue weighted by atomic mass is 19.4. The number of benzene rings is 1. The van der Waals surface area contributed by atoms with Crippen LogP contribution in [-0.2, 0) is 11.0 Å². The van der Waals surface area contributed by atoms with Crippen LogP contribution < -0.4 is 5.73 Å². The van der Waals surface area contributed by atoms with Crippen LogP contribution in [0.5, 0.6) is 0 Å². The molecule has 0 spiro atoms. The van der Waals surface area contributed by atoms with Gasteiger partial charge in [0.15, 0.2) is 0 Å². The fourth-order valence-corrected chi connectivity index (χ4v) is 2.51. The number of likely N-dealkylation sites (tertiary alicyclic amines) is 1. The van der Waals surface area contributed by atoms with Crippen molar-refractivity contribution in [1.82, 2.24) is 4.90 Å². The van der Waals surface area contributed by atoms with E-state index in [1.54, 1.807) is 11.8 Å². The van der Waals surface area contributed by atoms with Crippen LogP contribution in [0.4, 0.5) is 13.2 Å². The molecule has 0 aromatic heterocycles. The molecule has 2 N–H and O–H groups in total. The van der Waals surface area contributed by atoms with Gasteiger partial charge in [-0.3, -0.25) is 4.79 Å². The summed E-state index contributed by atoms with van der Waals surface area (Å²) in [5, 5.41) is 0. The first kappa shape index (κ1) is 16.5. The maximum atomic E-state index is 12.5. The van der Waals surface area contributed by atoms with Gasteiger partial charge in [0.05, 0.1) is 5.56 Å². The minimum Gasteiger partial charge on any atom is -0.339 e. The molecule has 1 saturated heterocycles. The summed E-state index contributed by atoms with van der Waals surface area (Å²) in [5.74, 6) is 0.220. The Balaban J connectivity index is 2.07. The number of nitrogens with zero attached hydrogens (tertiary/aromatic N) is 1. The molecule has 3 nitrogen and oxygen atoms in total. The van der Waals surface area contributed by atoms with Gasteiger partial charge >= 0.3 is 6.18 Å². The van der Waals surface area contributed by atoms with Crippen molar-refractivity contribution in [3.63, 3.8) is 0 Å². The summed E-state index contributed by atoms with van der Waals surface area (Å²) >= 11 is 0. The largest absolute Gasteiger partial charge is 0.416 e. The first-order valence-corrected chi connectivity index (χ1v) is 7.16. The lowest BCUT2D eigenvalue weighted by Gasteiger charge is -2.14. The summed E-state index contributed by atoms with van der Waals surface area (Å²) in [6, 6.07) is 4.82. The van der Waals surface area contributed by atoms with Crippen LogP contribution in [0.3, 0.4) is 0 Å². The standard InChI is InChI=1S/C16H19F3N2O/c1-11(8-15(22)21-7-6-12(9-20)10-21)13-2-4-14(5-3-13)16(17,18)19/h2-5,8,12H,6-7,9-10,20H2,1H3/b11-8-. The van der Waals surface area contributed by atoms with Crippen molar-refractivity contribution < 1.29 is 18.0 Å². The van der Waals surface area contributed by atoms with Crippen LogP contribution in [0.2, 0.25) is 0 Å². The van der Waals surface area contributed by atoms with Crippen molar-refractivity contribution in [2.75, 3.05) is 19.6 Å². The first-order chi connectivity index (χ1) is 10.3. The predicted molar refractivity (Wildman–Crippen MR) is 78.8 cm³/mol. The molecule has 1 aromatic rings. The van der Waals surface area contributed by atoms with E-state index < -0.39 is 11.7 Å². The zero-order valence-corrected chi connectivity index (χ0v) is 12.4. The van der Waals surface area contributed by atoms with Crippen molar-refractivity contribution in [3.05, 3.63) is 41.5 Å². The molecule has 6 heteroatoms. The van der Waals surface area contributed by atoms with Crippen molar-refractivity contribution in [2.45, 2.75) is 19.5 Å². The van der Waals surface area contributed by atoms with Crippen molar-refractivity contribution in [3.8, 4) is 0 Å². The molecule has 1 aromatic carbocycles. The highest BCUT2D eigenvalue weighted by Gasteiger charge is 2.30. The van der Waals surface area contributed by atoms with E-state index in [0.29, 0.717) is 36.7 Å². The third kappa shape index (κ3) is 3.88. The van der Waals surface area contributed by atoms with Crippen LogP contribution in [0.15, 0.2) is 30.3 Å². The van der Waals surface area contributed by atoms with Gasteiger partial charge in [0, 0.05) is 19.2 Å². The van der Waals surface area contributed by atoms with Crippen molar-refractivity contribution in [2.24, 2.45) is 11.7 Å². The highest BCUT2D eigenvalue weighted by molar-refractivity contribution is 5.95. The van der Waals surface area contributed by atoms with Gasteiger partial charge in [-0.1, -0.05) is 12.1 Å². The Morgan fingerprint density at radius 2 is 2.00 bits per heavy atom. The number of carbonyl (C=O) groups is 1. The van der Waals surface area contributed by atoms with Crippen LogP contribution in [0.1, 0.15) is 24.5 Å². The minimum absolute atomic E-state index is 0.117. The summed E-state index contributed by atoms with van der Waals surface area (Å²) in [4.78, 5) is 13.9. The van der Waals surface area contributed by atoms with E-state index in [2.05, 4.69) is 0 Å². The normalized spacial score (nSPS) is 19.6. The van der Waals surface area contributed by atoms with E-state index in [-0.39, 0.29) is 5.91 Å². The quantitative estimate of drug-likeness (QED) is 0.872. The van der Waals surface area contributed by atoms with Gasteiger partial charge in [-0.15, -0.1) is 0 Å². The molecule has 1 fully saturated rings. The number of hydrogen-bond donors (Lipinski definition) is 1. The summed E-state index contributed by atoms with van der Waals surface area (Å²) in [7, 11) is 0. The van der Waals surface area contributed by atoms with Crippen molar-refractivity contribution >= 4 is 11.5 Å². The third-order valence-electron chi connectivity index (χ3n) is 3.94. The number of rotatable bonds is 3. The molecule has 1 aliphatic heterocycles. The Hall–Kier alpha value is -1.82. The molecule has 22 heavy (non-hydrogen) atoms. The second kappa shape index (κ2) is 6.52. The maximum Gasteiger partial charge on any atom is 0.416 e. The van der Waals surface area contributed by atoms with Gasteiger partial charge in [-0.2, -0.15) is 13.2 Å². The van der Waals surface area contributed by atoms with E-state index in [1.165, 1.54) is 18.2 Å². The third-order valence-corrected chi connectivity index (χ3v) is 3.94. The summed E-state index contributed by atoms with van der Waals surface area (Å²) in [6.07, 6.45) is -1.98. The number of allylic oxidation sites excluding steroid dienone is 1. The lowest BCUT2D eigenvalue weighted by molar-refractivity contribution is -0.137. The van der Waals surface area contributed by atoms with E-state index in [0.717, 1.165) is 18.6 Å². The number of carbonyl (C=O) groups excluding carboxylic acids is 1. The van der Waals surface area contributed by atoms with Gasteiger partial charge < -0.3 is 10.6 Å². The molecular weight excluding hydrogens is 293 g/mol. The molecule has 0 bridgehead atoms. The monoisotopic (exact) mass is 312 g/mol. The van der Waals surface area contributed by atoms with Gasteiger partial charge in [0.25, 0.3) is 0 Å². The van der Waals surface area contributed by atoms with E-state index in [4.69, 9.17) is 5.73 Å². The Morgan fingerprint density at radius 1 is 1.36 bits per heavy atom. The van der Waals surface area contributed by atoms with Gasteiger partial charge in [0.1, 0.15) is 0 Å². The lowest BCUT2D eigenvalue weighted by atomic mass is 10.0. The predicted octanol–water partition coefficient (Wildman–Crippen LogP) is 2.92. The maximum absolute atomic E-state index is 12.5. The number of hydrogen-bond acceptors (Lipinski definition) is 2. The van der Waals surface area contributed by atoms with Crippen LogP contribution in [0, 0.1) is 5.92 Å². The minimum atomic E-state index is -4.35. The Morgan fingerprint density at radius 3 is 2.50 bits per heavy atom. The average molecular weight is 312 g/mol. The Bertz CT molecular complexity index is 564. The van der Waals surface area contributed by atoms with Gasteiger partial charge in [0.2, 0.25) is 5.91 Å². The highest BCUT2D eigenvalue weighted by Crippen LogP contribution is 2.30. The van der Waals surface area contributed by atoms with Crippen LogP contribution in [-0.4, -0.2) is 30.4 Å². The second-order valence-electron chi connectivity index (χ2n) is 5.58. The van der Waals surface area contributed by atoms with Crippen molar-refractivity contribution in [1.29, 1.82) is 0 Å². The molecule has 1 unspecified atom stereocenters. The average Bonchev–Trinajstić information content (AvgIpc) is 2.95. The molecule has 0 radical (unpaired) electrons. The second-order valence-corrected chi connectivity index (χ2v) is 5.58. The van der Waals surface area contributed by atoms with Gasteiger partial charge in [-0.25, -0.2) is 0 Å². The zero-order valence-electron chi connectivity index (χ0n) is 12.4. The molecule has 1 atom stereocenters. The summed E-state index contributed by atoms with van der Waals surface area (Å²) < 4.78 is 37.6. The lowest BCUT2D eigenvalue weighted by Crippen LogP contribution is -2.28. The number of amides is 1. The van der Waals surface area contributed by atoms with E-state index >= 15 is 0 Å². The molecule has 120 valence electrons. The molecule has 1 amide bonds. The van der Waals surface area contributed by atoms with Crippen LogP contribution >= 0.6 is 0 Å².